The van der Waals surface area contributed by atoms with Gasteiger partial charge >= 0.3 is 0 Å². The maximum Gasteiger partial charge on any atom is 0.235 e. The van der Waals surface area contributed by atoms with Gasteiger partial charge in [0, 0.05) is 13.1 Å². The molecule has 0 spiro atoms. The average Bonchev–Trinajstić information content (AvgIpc) is 3.08. The summed E-state index contributed by atoms with van der Waals surface area (Å²) >= 11 is 1.49. The molecule has 3 aromatic rings. The second kappa shape index (κ2) is 6.45. The maximum atomic E-state index is 12.1. The maximum absolute atomic E-state index is 12.1. The van der Waals surface area contributed by atoms with Crippen LogP contribution in [0.25, 0.3) is 11.1 Å². The Morgan fingerprint density at radius 2 is 2.22 bits per heavy atom. The Bertz CT molecular complexity index is 807. The minimum atomic E-state index is -0.0686. The van der Waals surface area contributed by atoms with E-state index < -0.39 is 0 Å². The molecule has 1 aromatic carbocycles. The van der Waals surface area contributed by atoms with Crippen LogP contribution >= 0.6 is 11.8 Å². The van der Waals surface area contributed by atoms with Gasteiger partial charge in [0.1, 0.15) is 11.3 Å². The van der Waals surface area contributed by atoms with Gasteiger partial charge in [-0.2, -0.15) is 5.10 Å². The van der Waals surface area contributed by atoms with Crippen LogP contribution in [0.1, 0.15) is 23.8 Å². The Kier molecular flexibility index (Phi) is 4.38. The molecule has 2 heterocycles. The molecule has 120 valence electrons. The Morgan fingerprint density at radius 3 is 2.91 bits per heavy atom. The van der Waals surface area contributed by atoms with E-state index >= 15 is 0 Å². The zero-order valence-corrected chi connectivity index (χ0v) is 14.1. The van der Waals surface area contributed by atoms with Crippen molar-refractivity contribution in [2.45, 2.75) is 19.1 Å². The highest BCUT2D eigenvalue weighted by Crippen LogP contribution is 2.30. The van der Waals surface area contributed by atoms with Crippen LogP contribution in [0.3, 0.4) is 0 Å². The average molecular weight is 330 g/mol. The first-order chi connectivity index (χ1) is 11.0. The molecule has 23 heavy (non-hydrogen) atoms. The van der Waals surface area contributed by atoms with Gasteiger partial charge in [-0.25, -0.2) is 4.98 Å². The van der Waals surface area contributed by atoms with Crippen molar-refractivity contribution in [3.05, 3.63) is 41.9 Å². The molecule has 0 aliphatic heterocycles. The highest BCUT2D eigenvalue weighted by molar-refractivity contribution is 8.00. The Balaban J connectivity index is 1.58. The van der Waals surface area contributed by atoms with Crippen LogP contribution in [0.4, 0.5) is 5.82 Å². The largest absolute Gasteiger partial charge is 0.439 e. The van der Waals surface area contributed by atoms with Gasteiger partial charge in [-0.05, 0) is 26.0 Å². The molecule has 7 heteroatoms. The summed E-state index contributed by atoms with van der Waals surface area (Å²) in [5.41, 5.74) is 2.48. The van der Waals surface area contributed by atoms with E-state index in [0.717, 1.165) is 16.8 Å². The third-order valence-corrected chi connectivity index (χ3v) is 4.52. The van der Waals surface area contributed by atoms with E-state index in [1.165, 1.54) is 11.8 Å². The number of amides is 1. The summed E-state index contributed by atoms with van der Waals surface area (Å²) in [7, 11) is 1.80. The predicted molar refractivity (Wildman–Crippen MR) is 91.5 cm³/mol. The number of benzene rings is 1. The summed E-state index contributed by atoms with van der Waals surface area (Å²) in [6, 6.07) is 9.48. The van der Waals surface area contributed by atoms with Gasteiger partial charge in [-0.15, -0.1) is 11.8 Å². The summed E-state index contributed by atoms with van der Waals surface area (Å²) in [5, 5.41) is 7.06. The van der Waals surface area contributed by atoms with Crippen LogP contribution in [0.2, 0.25) is 0 Å². The molecule has 0 radical (unpaired) electrons. The van der Waals surface area contributed by atoms with Crippen molar-refractivity contribution in [2.75, 3.05) is 11.1 Å². The topological polar surface area (TPSA) is 73.0 Å². The lowest BCUT2D eigenvalue weighted by Gasteiger charge is -2.08. The summed E-state index contributed by atoms with van der Waals surface area (Å²) in [6.45, 7) is 3.87. The number of carbonyl (C=O) groups is 1. The van der Waals surface area contributed by atoms with Gasteiger partial charge in [-0.3, -0.25) is 9.48 Å². The summed E-state index contributed by atoms with van der Waals surface area (Å²) < 4.78 is 7.38. The molecule has 1 atom stereocenters. The number of nitrogens with zero attached hydrogens (tertiary/aromatic N) is 3. The van der Waals surface area contributed by atoms with Gasteiger partial charge in [0.2, 0.25) is 11.8 Å². The van der Waals surface area contributed by atoms with Crippen molar-refractivity contribution in [3.8, 4) is 0 Å². The number of aromatic nitrogens is 3. The van der Waals surface area contributed by atoms with Gasteiger partial charge in [0.15, 0.2) is 5.58 Å². The molecule has 6 nitrogen and oxygen atoms in total. The van der Waals surface area contributed by atoms with Crippen molar-refractivity contribution >= 4 is 34.6 Å². The van der Waals surface area contributed by atoms with Crippen molar-refractivity contribution in [1.29, 1.82) is 0 Å². The first kappa shape index (κ1) is 15.6. The summed E-state index contributed by atoms with van der Waals surface area (Å²) in [4.78, 5) is 16.5. The van der Waals surface area contributed by atoms with Crippen molar-refractivity contribution in [1.82, 2.24) is 14.8 Å². The molecular formula is C16H18N4O2S. The molecule has 0 bridgehead atoms. The fraction of sp³-hybridized carbons (Fsp3) is 0.312. The van der Waals surface area contributed by atoms with E-state index in [4.69, 9.17) is 4.42 Å². The third kappa shape index (κ3) is 3.56. The number of aryl methyl sites for hydroxylation is 2. The number of para-hydroxylation sites is 2. The van der Waals surface area contributed by atoms with Crippen LogP contribution in [0, 0.1) is 6.92 Å². The molecular weight excluding hydrogens is 312 g/mol. The fourth-order valence-corrected chi connectivity index (χ4v) is 2.96. The SMILES string of the molecule is Cc1cc(NC(=O)CS[C@@H](C)c2nc3ccccc3o2)n(C)n1. The second-order valence-corrected chi connectivity index (χ2v) is 6.64. The third-order valence-electron chi connectivity index (χ3n) is 3.39. The zero-order chi connectivity index (χ0) is 16.4. The fourth-order valence-electron chi connectivity index (χ4n) is 2.24. The lowest BCUT2D eigenvalue weighted by Crippen LogP contribution is -2.17. The Hall–Kier alpha value is -2.28. The molecule has 1 amide bonds. The standard InChI is InChI=1S/C16H18N4O2S/c1-10-8-14(20(3)19-10)18-15(21)9-23-11(2)16-17-12-6-4-5-7-13(12)22-16/h4-8,11H,9H2,1-3H3,(H,18,21)/t11-/m0/s1. The Morgan fingerprint density at radius 1 is 1.43 bits per heavy atom. The molecule has 3 rings (SSSR count). The van der Waals surface area contributed by atoms with Gasteiger partial charge < -0.3 is 9.73 Å². The molecule has 0 aliphatic carbocycles. The van der Waals surface area contributed by atoms with E-state index in [1.807, 2.05) is 44.2 Å². The number of nitrogens with one attached hydrogen (secondary N) is 1. The Labute approximate surface area is 138 Å². The van der Waals surface area contributed by atoms with Crippen molar-refractivity contribution < 1.29 is 9.21 Å². The number of fused-ring (bicyclic) bond motifs is 1. The number of carbonyl (C=O) groups excluding carboxylic acids is 1. The molecule has 0 saturated carbocycles. The van der Waals surface area contributed by atoms with E-state index in [2.05, 4.69) is 15.4 Å². The second-order valence-electron chi connectivity index (χ2n) is 5.32. The number of hydrogen-bond donors (Lipinski definition) is 1. The lowest BCUT2D eigenvalue weighted by atomic mass is 10.3. The number of thioether (sulfide) groups is 1. The molecule has 1 N–H and O–H groups in total. The van der Waals surface area contributed by atoms with Crippen molar-refractivity contribution in [2.24, 2.45) is 7.05 Å². The van der Waals surface area contributed by atoms with Crippen LogP contribution in [-0.4, -0.2) is 26.4 Å². The lowest BCUT2D eigenvalue weighted by molar-refractivity contribution is -0.113. The quantitative estimate of drug-likeness (QED) is 0.777. The van der Waals surface area contributed by atoms with Crippen LogP contribution in [0.15, 0.2) is 34.7 Å². The highest BCUT2D eigenvalue weighted by atomic mass is 32.2. The van der Waals surface area contributed by atoms with Gasteiger partial charge in [0.05, 0.1) is 16.7 Å². The summed E-state index contributed by atoms with van der Waals surface area (Å²) in [6.07, 6.45) is 0. The van der Waals surface area contributed by atoms with Gasteiger partial charge in [-0.1, -0.05) is 12.1 Å². The minimum Gasteiger partial charge on any atom is -0.439 e. The summed E-state index contributed by atoms with van der Waals surface area (Å²) in [5.74, 6) is 1.59. The highest BCUT2D eigenvalue weighted by Gasteiger charge is 2.16. The first-order valence-electron chi connectivity index (χ1n) is 7.30. The number of oxazole rings is 1. The number of hydrogen-bond acceptors (Lipinski definition) is 5. The molecule has 0 saturated heterocycles. The van der Waals surface area contributed by atoms with E-state index in [-0.39, 0.29) is 11.2 Å². The van der Waals surface area contributed by atoms with E-state index in [1.54, 1.807) is 11.7 Å². The minimum absolute atomic E-state index is 0.00132. The first-order valence-corrected chi connectivity index (χ1v) is 8.35. The van der Waals surface area contributed by atoms with Gasteiger partial charge in [0.25, 0.3) is 0 Å². The number of anilines is 1. The normalized spacial score (nSPS) is 12.5. The smallest absolute Gasteiger partial charge is 0.235 e. The van der Waals surface area contributed by atoms with E-state index in [9.17, 15) is 4.79 Å². The monoisotopic (exact) mass is 330 g/mol. The van der Waals surface area contributed by atoms with Crippen LogP contribution in [0.5, 0.6) is 0 Å². The predicted octanol–water partition coefficient (Wildman–Crippen LogP) is 3.30. The zero-order valence-electron chi connectivity index (χ0n) is 13.2. The van der Waals surface area contributed by atoms with Crippen molar-refractivity contribution in [3.63, 3.8) is 0 Å². The molecule has 0 fully saturated rings. The number of rotatable bonds is 5. The van der Waals surface area contributed by atoms with Crippen LogP contribution in [-0.2, 0) is 11.8 Å². The van der Waals surface area contributed by atoms with E-state index in [0.29, 0.717) is 17.5 Å². The molecule has 0 unspecified atom stereocenters. The molecule has 0 aliphatic rings. The van der Waals surface area contributed by atoms with Crippen LogP contribution < -0.4 is 5.32 Å². The molecule has 2 aromatic heterocycles.